The van der Waals surface area contributed by atoms with Crippen LogP contribution in [0.2, 0.25) is 0 Å². The molecule has 4 rings (SSSR count). The third kappa shape index (κ3) is 4.77. The number of rotatable bonds is 9. The maximum Gasteiger partial charge on any atom is 0.272 e. The van der Waals surface area contributed by atoms with E-state index in [-0.39, 0.29) is 22.4 Å². The number of aromatic amines is 1. The van der Waals surface area contributed by atoms with Gasteiger partial charge in [0, 0.05) is 29.5 Å². The van der Waals surface area contributed by atoms with Gasteiger partial charge in [0.25, 0.3) is 28.2 Å². The summed E-state index contributed by atoms with van der Waals surface area (Å²) >= 11 is 0. The fourth-order valence-electron chi connectivity index (χ4n) is 3.39. The first kappa shape index (κ1) is 24.1. The molecular weight excluding hydrogens is 486 g/mol. The molecule has 0 aliphatic rings. The number of benzene rings is 1. The highest BCUT2D eigenvalue weighted by molar-refractivity contribution is 7.93. The molecule has 35 heavy (non-hydrogen) atoms. The minimum absolute atomic E-state index is 0.0794. The van der Waals surface area contributed by atoms with Crippen LogP contribution in [0, 0.1) is 6.92 Å². The van der Waals surface area contributed by atoms with Crippen molar-refractivity contribution in [2.75, 3.05) is 25.5 Å². The van der Waals surface area contributed by atoms with Crippen LogP contribution in [-0.4, -0.2) is 60.6 Å². The van der Waals surface area contributed by atoms with Crippen molar-refractivity contribution in [1.82, 2.24) is 24.9 Å². The summed E-state index contributed by atoms with van der Waals surface area (Å²) in [5.74, 6) is -0.822. The zero-order valence-electron chi connectivity index (χ0n) is 18.7. The maximum atomic E-state index is 13.3. The van der Waals surface area contributed by atoms with Gasteiger partial charge in [0.2, 0.25) is 11.7 Å². The number of nitrogens with zero attached hydrogens (tertiary/aromatic N) is 4. The van der Waals surface area contributed by atoms with Gasteiger partial charge in [-0.15, -0.1) is 0 Å². The van der Waals surface area contributed by atoms with E-state index in [0.29, 0.717) is 22.3 Å². The van der Waals surface area contributed by atoms with Gasteiger partial charge in [0.05, 0.1) is 19.7 Å². The monoisotopic (exact) mass is 506 g/mol. The molecule has 184 valence electrons. The lowest BCUT2D eigenvalue weighted by Gasteiger charge is -2.14. The molecule has 0 aliphatic heterocycles. The van der Waals surface area contributed by atoms with Crippen LogP contribution < -0.4 is 18.9 Å². The number of hydrogen-bond acceptors (Lipinski definition) is 9. The number of alkyl halides is 2. The summed E-state index contributed by atoms with van der Waals surface area (Å²) < 4.78 is 69.0. The summed E-state index contributed by atoms with van der Waals surface area (Å²) in [4.78, 5) is 19.3. The van der Waals surface area contributed by atoms with Gasteiger partial charge in [-0.1, -0.05) is 12.1 Å². The predicted molar refractivity (Wildman–Crippen MR) is 122 cm³/mol. The zero-order chi connectivity index (χ0) is 25.2. The fourth-order valence-corrected chi connectivity index (χ4v) is 4.51. The molecule has 11 nitrogen and oxygen atoms in total. The minimum Gasteiger partial charge on any atom is -0.478 e. The van der Waals surface area contributed by atoms with Crippen molar-refractivity contribution < 1.29 is 31.4 Å². The highest BCUT2D eigenvalue weighted by Gasteiger charge is 2.26. The van der Waals surface area contributed by atoms with E-state index < -0.39 is 29.0 Å². The van der Waals surface area contributed by atoms with Gasteiger partial charge in [-0.25, -0.2) is 31.9 Å². The number of sulfonamides is 1. The Morgan fingerprint density at radius 1 is 1.09 bits per heavy atom. The number of aryl methyl sites for hydroxylation is 1. The van der Waals surface area contributed by atoms with E-state index in [2.05, 4.69) is 29.6 Å². The van der Waals surface area contributed by atoms with Crippen LogP contribution in [0.3, 0.4) is 0 Å². The van der Waals surface area contributed by atoms with Gasteiger partial charge < -0.3 is 19.2 Å². The Labute approximate surface area is 198 Å². The van der Waals surface area contributed by atoms with Crippen LogP contribution in [0.5, 0.6) is 17.5 Å². The van der Waals surface area contributed by atoms with E-state index in [1.807, 2.05) is 6.92 Å². The van der Waals surface area contributed by atoms with Gasteiger partial charge >= 0.3 is 0 Å². The van der Waals surface area contributed by atoms with Crippen LogP contribution in [0.4, 0.5) is 14.7 Å². The maximum absolute atomic E-state index is 13.3. The lowest BCUT2D eigenvalue weighted by Crippen LogP contribution is -2.16. The molecule has 0 saturated heterocycles. The second-order valence-electron chi connectivity index (χ2n) is 7.11. The molecule has 1 aromatic carbocycles. The van der Waals surface area contributed by atoms with Crippen LogP contribution in [-0.2, 0) is 10.0 Å². The molecule has 0 saturated carbocycles. The fraction of sp³-hybridized carbons (Fsp3) is 0.238. The second-order valence-corrected chi connectivity index (χ2v) is 8.76. The number of fused-ring (bicyclic) bond motifs is 1. The summed E-state index contributed by atoms with van der Waals surface area (Å²) in [7, 11) is -1.79. The lowest BCUT2D eigenvalue weighted by molar-refractivity contribution is 0.0781. The number of halogens is 2. The van der Waals surface area contributed by atoms with E-state index in [9.17, 15) is 17.2 Å². The Hall–Kier alpha value is -4.07. The van der Waals surface area contributed by atoms with E-state index in [0.717, 1.165) is 5.56 Å². The Bertz CT molecular complexity index is 1440. The summed E-state index contributed by atoms with van der Waals surface area (Å²) in [6.07, 6.45) is 1.75. The molecule has 0 aliphatic carbocycles. The molecule has 0 amide bonds. The molecule has 0 fully saturated rings. The minimum atomic E-state index is -4.22. The average molecular weight is 506 g/mol. The van der Waals surface area contributed by atoms with Crippen molar-refractivity contribution in [3.63, 3.8) is 0 Å². The summed E-state index contributed by atoms with van der Waals surface area (Å²) in [6.45, 7) is 0.909. The molecule has 0 spiro atoms. The van der Waals surface area contributed by atoms with Crippen molar-refractivity contribution in [3.8, 4) is 28.9 Å². The van der Waals surface area contributed by atoms with E-state index >= 15 is 0 Å². The molecule has 0 atom stereocenters. The second kappa shape index (κ2) is 9.66. The Kier molecular flexibility index (Phi) is 6.64. The number of methoxy groups -OCH3 is 2. The third-order valence-electron chi connectivity index (χ3n) is 4.88. The molecule has 3 heterocycles. The van der Waals surface area contributed by atoms with Gasteiger partial charge in [0.1, 0.15) is 11.5 Å². The van der Waals surface area contributed by atoms with E-state index in [4.69, 9.17) is 14.2 Å². The van der Waals surface area contributed by atoms with Crippen molar-refractivity contribution in [3.05, 3.63) is 42.4 Å². The average Bonchev–Trinajstić information content (AvgIpc) is 3.27. The number of hydrogen-bond donors (Lipinski definition) is 2. The SMILES string of the molecule is COc1nc(NS(=O)(=O)c2c[nH]c3c(-c4ncccn4)c(C)ccc23)nc(OC)c1OCC(F)F. The molecule has 2 N–H and O–H groups in total. The Morgan fingerprint density at radius 3 is 2.34 bits per heavy atom. The smallest absolute Gasteiger partial charge is 0.272 e. The number of nitrogens with one attached hydrogen (secondary N) is 2. The van der Waals surface area contributed by atoms with Gasteiger partial charge in [0.15, 0.2) is 5.82 Å². The first-order chi connectivity index (χ1) is 16.7. The zero-order valence-corrected chi connectivity index (χ0v) is 19.6. The summed E-state index contributed by atoms with van der Waals surface area (Å²) in [6, 6.07) is 5.10. The quantitative estimate of drug-likeness (QED) is 0.350. The topological polar surface area (TPSA) is 141 Å². The largest absolute Gasteiger partial charge is 0.478 e. The molecule has 0 radical (unpaired) electrons. The number of aromatic nitrogens is 5. The first-order valence-corrected chi connectivity index (χ1v) is 11.5. The van der Waals surface area contributed by atoms with Crippen molar-refractivity contribution >= 4 is 26.9 Å². The predicted octanol–water partition coefficient (Wildman–Crippen LogP) is 3.19. The highest BCUT2D eigenvalue weighted by Crippen LogP contribution is 2.37. The Morgan fingerprint density at radius 2 is 1.74 bits per heavy atom. The van der Waals surface area contributed by atoms with Crippen LogP contribution in [0.1, 0.15) is 5.56 Å². The van der Waals surface area contributed by atoms with Gasteiger partial charge in [-0.05, 0) is 18.6 Å². The van der Waals surface area contributed by atoms with Crippen LogP contribution >= 0.6 is 0 Å². The number of anilines is 1. The molecule has 3 aromatic heterocycles. The number of ether oxygens (including phenoxy) is 3. The van der Waals surface area contributed by atoms with Gasteiger partial charge in [-0.2, -0.15) is 9.97 Å². The highest BCUT2D eigenvalue weighted by atomic mass is 32.2. The first-order valence-electron chi connectivity index (χ1n) is 10.1. The molecule has 14 heteroatoms. The third-order valence-corrected chi connectivity index (χ3v) is 6.24. The van der Waals surface area contributed by atoms with Crippen LogP contribution in [0.15, 0.2) is 41.7 Å². The Balaban J connectivity index is 1.74. The van der Waals surface area contributed by atoms with E-state index in [1.165, 1.54) is 20.4 Å². The molecular formula is C21H20F2N6O5S. The van der Waals surface area contributed by atoms with E-state index in [1.54, 1.807) is 30.6 Å². The van der Waals surface area contributed by atoms with Crippen LogP contribution in [0.25, 0.3) is 22.3 Å². The normalized spacial score (nSPS) is 11.6. The summed E-state index contributed by atoms with van der Waals surface area (Å²) in [5.41, 5.74) is 2.03. The van der Waals surface area contributed by atoms with Gasteiger partial charge in [-0.3, -0.25) is 0 Å². The molecule has 4 aromatic rings. The van der Waals surface area contributed by atoms with Crippen molar-refractivity contribution in [1.29, 1.82) is 0 Å². The molecule has 0 unspecified atom stereocenters. The molecule has 0 bridgehead atoms. The van der Waals surface area contributed by atoms with Crippen molar-refractivity contribution in [2.45, 2.75) is 18.2 Å². The van der Waals surface area contributed by atoms with Crippen molar-refractivity contribution in [2.24, 2.45) is 0 Å². The summed E-state index contributed by atoms with van der Waals surface area (Å²) in [5, 5.41) is 0.390. The number of H-pyrrole nitrogens is 1. The lowest BCUT2D eigenvalue weighted by atomic mass is 10.0. The standard InChI is InChI=1S/C21H20F2N6O5S/c1-11-5-6-12-13(9-26-16(12)15(11)18-24-7-4-8-25-18)35(30,31)29-21-27-19(32-2)17(20(28-21)33-3)34-10-14(22)23/h4-9,14,26H,10H2,1-3H3,(H,27,28,29).